The molecule has 84 valence electrons. The van der Waals surface area contributed by atoms with E-state index in [1.807, 2.05) is 0 Å². The first-order valence-electron chi connectivity index (χ1n) is 4.26. The van der Waals surface area contributed by atoms with Crippen LogP contribution in [0, 0.1) is 6.92 Å². The number of hydrogen-bond acceptors (Lipinski definition) is 6. The summed E-state index contributed by atoms with van der Waals surface area (Å²) < 4.78 is 26.8. The quantitative estimate of drug-likeness (QED) is 0.795. The van der Waals surface area contributed by atoms with Gasteiger partial charge in [0.25, 0.3) is 5.89 Å². The van der Waals surface area contributed by atoms with E-state index in [1.165, 1.54) is 12.1 Å². The minimum absolute atomic E-state index is 0.0625. The average Bonchev–Trinajstić information content (AvgIpc) is 2.64. The molecule has 0 aliphatic carbocycles. The Kier molecular flexibility index (Phi) is 2.44. The lowest BCUT2D eigenvalue weighted by Crippen LogP contribution is -2.12. The first kappa shape index (κ1) is 10.7. The van der Waals surface area contributed by atoms with Crippen LogP contribution in [-0.2, 0) is 10.0 Å². The van der Waals surface area contributed by atoms with E-state index in [9.17, 15) is 8.42 Å². The van der Waals surface area contributed by atoms with E-state index < -0.39 is 10.0 Å². The van der Waals surface area contributed by atoms with Gasteiger partial charge in [0.15, 0.2) is 5.82 Å². The summed E-state index contributed by atoms with van der Waals surface area (Å²) in [6.45, 7) is 1.67. The summed E-state index contributed by atoms with van der Waals surface area (Å²) in [5.74, 6) is 0.714. The van der Waals surface area contributed by atoms with Crippen LogP contribution in [0.25, 0.3) is 11.6 Å². The van der Waals surface area contributed by atoms with Crippen molar-refractivity contribution in [2.75, 3.05) is 0 Å². The van der Waals surface area contributed by atoms with Gasteiger partial charge in [0.2, 0.25) is 10.0 Å². The van der Waals surface area contributed by atoms with Crippen molar-refractivity contribution in [1.29, 1.82) is 0 Å². The normalized spacial score (nSPS) is 11.6. The van der Waals surface area contributed by atoms with Gasteiger partial charge in [-0.3, -0.25) is 0 Å². The van der Waals surface area contributed by atoms with Crippen LogP contribution in [0.3, 0.4) is 0 Å². The lowest BCUT2D eigenvalue weighted by molar-refractivity contribution is 0.424. The molecule has 2 heterocycles. The smallest absolute Gasteiger partial charge is 0.276 e. The maximum atomic E-state index is 11.0. The Morgan fingerprint density at radius 3 is 2.56 bits per heavy atom. The highest BCUT2D eigenvalue weighted by Crippen LogP contribution is 2.15. The zero-order valence-electron chi connectivity index (χ0n) is 8.28. The molecule has 0 aliphatic rings. The highest BCUT2D eigenvalue weighted by atomic mass is 32.2. The number of aromatic nitrogens is 3. The highest BCUT2D eigenvalue weighted by Gasteiger charge is 2.11. The molecular formula is C8H8N4O3S. The van der Waals surface area contributed by atoms with Gasteiger partial charge in [-0.25, -0.2) is 18.5 Å². The van der Waals surface area contributed by atoms with E-state index >= 15 is 0 Å². The van der Waals surface area contributed by atoms with Gasteiger partial charge in [0, 0.05) is 6.20 Å². The van der Waals surface area contributed by atoms with Crippen LogP contribution >= 0.6 is 0 Å². The van der Waals surface area contributed by atoms with Crippen LogP contribution in [0.4, 0.5) is 0 Å². The summed E-state index contributed by atoms with van der Waals surface area (Å²) in [4.78, 5) is 7.76. The Balaban J connectivity index is 2.40. The van der Waals surface area contributed by atoms with E-state index in [1.54, 1.807) is 6.92 Å². The third-order valence-corrected chi connectivity index (χ3v) is 2.71. The fourth-order valence-electron chi connectivity index (χ4n) is 1.08. The number of sulfonamides is 1. The number of rotatable bonds is 2. The minimum Gasteiger partial charge on any atom is -0.332 e. The third-order valence-electron chi connectivity index (χ3n) is 1.81. The summed E-state index contributed by atoms with van der Waals surface area (Å²) in [5.41, 5.74) is 0.396. The molecule has 8 heteroatoms. The number of primary sulfonamides is 1. The van der Waals surface area contributed by atoms with Gasteiger partial charge in [-0.05, 0) is 19.1 Å². The molecular weight excluding hydrogens is 232 g/mol. The standard InChI is InChI=1S/C8H8N4O3S/c1-5-11-8(15-12-5)7-3-2-6(4-10-7)16(9,13)14/h2-4H,1H3,(H2,9,13,14). The second-order valence-corrected chi connectivity index (χ2v) is 4.63. The topological polar surface area (TPSA) is 112 Å². The third kappa shape index (κ3) is 2.07. The van der Waals surface area contributed by atoms with Crippen LogP contribution in [-0.4, -0.2) is 23.5 Å². The zero-order valence-corrected chi connectivity index (χ0v) is 9.10. The second kappa shape index (κ2) is 3.65. The molecule has 0 bridgehead atoms. The minimum atomic E-state index is -3.73. The molecule has 0 saturated carbocycles. The van der Waals surface area contributed by atoms with E-state index in [4.69, 9.17) is 9.66 Å². The first-order chi connectivity index (χ1) is 7.47. The molecule has 2 N–H and O–H groups in total. The Morgan fingerprint density at radius 1 is 1.38 bits per heavy atom. The maximum absolute atomic E-state index is 11.0. The highest BCUT2D eigenvalue weighted by molar-refractivity contribution is 7.89. The molecule has 0 amide bonds. The van der Waals surface area contributed by atoms with Crippen molar-refractivity contribution < 1.29 is 12.9 Å². The van der Waals surface area contributed by atoms with Crippen molar-refractivity contribution in [1.82, 2.24) is 15.1 Å². The Hall–Kier alpha value is -1.80. The van der Waals surface area contributed by atoms with Crippen molar-refractivity contribution in [2.24, 2.45) is 5.14 Å². The lowest BCUT2D eigenvalue weighted by Gasteiger charge is -1.97. The van der Waals surface area contributed by atoms with Crippen molar-refractivity contribution in [3.05, 3.63) is 24.2 Å². The van der Waals surface area contributed by atoms with Crippen LogP contribution in [0.15, 0.2) is 27.7 Å². The van der Waals surface area contributed by atoms with Crippen molar-refractivity contribution in [3.63, 3.8) is 0 Å². The molecule has 0 atom stereocenters. The maximum Gasteiger partial charge on any atom is 0.276 e. The molecule has 7 nitrogen and oxygen atoms in total. The Labute approximate surface area is 91.4 Å². The molecule has 16 heavy (non-hydrogen) atoms. The van der Waals surface area contributed by atoms with Crippen LogP contribution < -0.4 is 5.14 Å². The van der Waals surface area contributed by atoms with Crippen LogP contribution in [0.5, 0.6) is 0 Å². The summed E-state index contributed by atoms with van der Waals surface area (Å²) in [7, 11) is -3.73. The molecule has 2 rings (SSSR count). The summed E-state index contributed by atoms with van der Waals surface area (Å²) in [6, 6.07) is 2.78. The molecule has 0 saturated heterocycles. The molecule has 0 spiro atoms. The average molecular weight is 240 g/mol. The number of nitrogens with two attached hydrogens (primary N) is 1. The molecule has 2 aromatic rings. The number of nitrogens with zero attached hydrogens (tertiary/aromatic N) is 3. The van der Waals surface area contributed by atoms with E-state index in [0.29, 0.717) is 11.5 Å². The Morgan fingerprint density at radius 2 is 2.12 bits per heavy atom. The van der Waals surface area contributed by atoms with Gasteiger partial charge in [-0.2, -0.15) is 4.98 Å². The largest absolute Gasteiger partial charge is 0.332 e. The Bertz CT molecular complexity index is 602. The summed E-state index contributed by atoms with van der Waals surface area (Å²) in [5, 5.41) is 8.53. The fourth-order valence-corrected chi connectivity index (χ4v) is 1.53. The van der Waals surface area contributed by atoms with Gasteiger partial charge < -0.3 is 4.52 Å². The van der Waals surface area contributed by atoms with Crippen molar-refractivity contribution >= 4 is 10.0 Å². The molecule has 0 aromatic carbocycles. The van der Waals surface area contributed by atoms with Gasteiger partial charge in [0.1, 0.15) is 10.6 Å². The second-order valence-electron chi connectivity index (χ2n) is 3.07. The van der Waals surface area contributed by atoms with E-state index in [0.717, 1.165) is 6.20 Å². The lowest BCUT2D eigenvalue weighted by atomic mass is 10.3. The van der Waals surface area contributed by atoms with E-state index in [2.05, 4.69) is 15.1 Å². The van der Waals surface area contributed by atoms with Crippen molar-refractivity contribution in [3.8, 4) is 11.6 Å². The predicted molar refractivity (Wildman–Crippen MR) is 53.6 cm³/mol. The fraction of sp³-hybridized carbons (Fsp3) is 0.125. The number of pyridine rings is 1. The molecule has 0 radical (unpaired) electrons. The van der Waals surface area contributed by atoms with Crippen LogP contribution in [0.1, 0.15) is 5.82 Å². The van der Waals surface area contributed by atoms with Gasteiger partial charge in [0.05, 0.1) is 0 Å². The molecule has 0 unspecified atom stereocenters. The molecule has 2 aromatic heterocycles. The first-order valence-corrected chi connectivity index (χ1v) is 5.81. The van der Waals surface area contributed by atoms with E-state index in [-0.39, 0.29) is 10.8 Å². The SMILES string of the molecule is Cc1noc(-c2ccc(S(N)(=O)=O)cn2)n1. The molecule has 0 aliphatic heterocycles. The monoisotopic (exact) mass is 240 g/mol. The number of aryl methyl sites for hydroxylation is 1. The van der Waals surface area contributed by atoms with Crippen molar-refractivity contribution in [2.45, 2.75) is 11.8 Å². The molecule has 0 fully saturated rings. The summed E-state index contributed by atoms with van der Waals surface area (Å²) in [6.07, 6.45) is 1.14. The van der Waals surface area contributed by atoms with Gasteiger partial charge in [-0.15, -0.1) is 0 Å². The van der Waals surface area contributed by atoms with Gasteiger partial charge in [-0.1, -0.05) is 5.16 Å². The predicted octanol–water partition coefficient (Wildman–Crippen LogP) is 0.0874. The zero-order chi connectivity index (χ0) is 11.8. The van der Waals surface area contributed by atoms with Gasteiger partial charge >= 0.3 is 0 Å². The summed E-state index contributed by atoms with van der Waals surface area (Å²) >= 11 is 0. The van der Waals surface area contributed by atoms with Crippen LogP contribution in [0.2, 0.25) is 0 Å². The number of hydrogen-bond donors (Lipinski definition) is 1.